The number of rotatable bonds is 2. The molecule has 0 fully saturated rings. The molecule has 0 aliphatic heterocycles. The van der Waals surface area contributed by atoms with Crippen molar-refractivity contribution in [2.45, 2.75) is 6.42 Å². The second-order valence-electron chi connectivity index (χ2n) is 1.91. The van der Waals surface area contributed by atoms with E-state index in [0.717, 1.165) is 5.01 Å². The third kappa shape index (κ3) is 11.7. The van der Waals surface area contributed by atoms with E-state index in [1.165, 1.54) is 0 Å². The maximum absolute atomic E-state index is 8.88. The molecule has 1 rings (SSSR count). The van der Waals surface area contributed by atoms with Gasteiger partial charge in [-0.05, 0) is 0 Å². The molecule has 0 aromatic carbocycles. The van der Waals surface area contributed by atoms with Crippen LogP contribution in [0.2, 0.25) is 0 Å². The predicted octanol–water partition coefficient (Wildman–Crippen LogP) is -0.251. The minimum absolute atomic E-state index is 0.202. The van der Waals surface area contributed by atoms with Gasteiger partial charge in [0.2, 0.25) is 0 Å². The summed E-state index contributed by atoms with van der Waals surface area (Å²) < 4.78 is 8.88. The summed E-state index contributed by atoms with van der Waals surface area (Å²) in [6.45, 7) is 0.202. The van der Waals surface area contributed by atoms with Crippen molar-refractivity contribution in [3.8, 4) is 0 Å². The van der Waals surface area contributed by atoms with E-state index in [1.54, 1.807) is 17.5 Å². The standard InChI is InChI=1S/C5H7NOS.H3O4P/c7-3-1-5-6-2-4-8-5;1-5(2,3)4/h2,4,7H,1,3H2;(H3,1,2,3,4). The number of nitrogens with zero attached hydrogens (tertiary/aromatic N) is 1. The van der Waals surface area contributed by atoms with Gasteiger partial charge in [0.1, 0.15) is 0 Å². The number of hydrogen-bond acceptors (Lipinski definition) is 4. The van der Waals surface area contributed by atoms with Crippen LogP contribution in [0.4, 0.5) is 0 Å². The molecule has 13 heavy (non-hydrogen) atoms. The molecule has 0 spiro atoms. The number of thiazole rings is 1. The SMILES string of the molecule is O=P(O)(O)O.OCCc1nccs1. The summed E-state index contributed by atoms with van der Waals surface area (Å²) in [5.41, 5.74) is 0. The quantitative estimate of drug-likeness (QED) is 0.518. The Balaban J connectivity index is 0.000000252. The molecule has 0 bridgehead atoms. The molecule has 0 aliphatic rings. The summed E-state index contributed by atoms with van der Waals surface area (Å²) in [5, 5.41) is 11.3. The molecule has 0 atom stereocenters. The first kappa shape index (κ1) is 12.7. The summed E-state index contributed by atoms with van der Waals surface area (Å²) in [4.78, 5) is 25.5. The van der Waals surface area contributed by atoms with E-state index in [4.69, 9.17) is 24.4 Å². The average molecular weight is 227 g/mol. The number of aliphatic hydroxyl groups excluding tert-OH is 1. The van der Waals surface area contributed by atoms with E-state index in [0.29, 0.717) is 6.42 Å². The van der Waals surface area contributed by atoms with Crippen molar-refractivity contribution in [1.29, 1.82) is 0 Å². The minimum Gasteiger partial charge on any atom is -0.396 e. The molecular formula is C5H10NO5PS. The average Bonchev–Trinajstić information content (AvgIpc) is 2.36. The second kappa shape index (κ2) is 6.20. The minimum atomic E-state index is -4.64. The van der Waals surface area contributed by atoms with Crippen LogP contribution in [0.1, 0.15) is 5.01 Å². The molecule has 1 heterocycles. The monoisotopic (exact) mass is 227 g/mol. The van der Waals surface area contributed by atoms with Crippen LogP contribution in [0.15, 0.2) is 11.6 Å². The van der Waals surface area contributed by atoms with Gasteiger partial charge >= 0.3 is 7.82 Å². The maximum atomic E-state index is 8.88. The Morgan fingerprint density at radius 1 is 1.46 bits per heavy atom. The van der Waals surface area contributed by atoms with Crippen LogP contribution in [0.25, 0.3) is 0 Å². The summed E-state index contributed by atoms with van der Waals surface area (Å²) in [5.74, 6) is 0. The Morgan fingerprint density at radius 3 is 2.31 bits per heavy atom. The van der Waals surface area contributed by atoms with Crippen LogP contribution >= 0.6 is 19.2 Å². The topological polar surface area (TPSA) is 111 Å². The maximum Gasteiger partial charge on any atom is 0.466 e. The first-order valence-corrected chi connectivity index (χ1v) is 5.65. The Bertz CT molecular complexity index is 250. The zero-order valence-electron chi connectivity index (χ0n) is 6.57. The Kier molecular flexibility index (Phi) is 6.06. The van der Waals surface area contributed by atoms with Crippen molar-refractivity contribution < 1.29 is 24.4 Å². The molecule has 0 amide bonds. The molecule has 6 nitrogen and oxygen atoms in total. The van der Waals surface area contributed by atoms with Crippen LogP contribution in [0.5, 0.6) is 0 Å². The van der Waals surface area contributed by atoms with E-state index >= 15 is 0 Å². The summed E-state index contributed by atoms with van der Waals surface area (Å²) in [6.07, 6.45) is 2.44. The fraction of sp³-hybridized carbons (Fsp3) is 0.400. The zero-order chi connectivity index (χ0) is 10.3. The molecule has 0 radical (unpaired) electrons. The Labute approximate surface area is 78.8 Å². The lowest BCUT2D eigenvalue weighted by Gasteiger charge is -1.84. The largest absolute Gasteiger partial charge is 0.466 e. The van der Waals surface area contributed by atoms with Gasteiger partial charge in [0.05, 0.1) is 5.01 Å². The zero-order valence-corrected chi connectivity index (χ0v) is 8.28. The van der Waals surface area contributed by atoms with Crippen molar-refractivity contribution in [2.24, 2.45) is 0 Å². The number of aromatic nitrogens is 1. The van der Waals surface area contributed by atoms with E-state index in [-0.39, 0.29) is 6.61 Å². The Morgan fingerprint density at radius 2 is 2.00 bits per heavy atom. The molecule has 0 saturated heterocycles. The van der Waals surface area contributed by atoms with Crippen LogP contribution in [-0.2, 0) is 11.0 Å². The molecule has 4 N–H and O–H groups in total. The fourth-order valence-electron chi connectivity index (χ4n) is 0.472. The number of aliphatic hydroxyl groups is 1. The third-order valence-corrected chi connectivity index (χ3v) is 1.65. The number of phosphoric acid groups is 1. The highest BCUT2D eigenvalue weighted by Crippen LogP contribution is 2.25. The normalized spacial score (nSPS) is 10.5. The van der Waals surface area contributed by atoms with Crippen molar-refractivity contribution in [1.82, 2.24) is 4.98 Å². The molecular weight excluding hydrogens is 217 g/mol. The van der Waals surface area contributed by atoms with E-state index in [1.807, 2.05) is 5.38 Å². The number of hydrogen-bond donors (Lipinski definition) is 4. The van der Waals surface area contributed by atoms with Crippen LogP contribution < -0.4 is 0 Å². The second-order valence-corrected chi connectivity index (χ2v) is 3.92. The smallest absolute Gasteiger partial charge is 0.396 e. The summed E-state index contributed by atoms with van der Waals surface area (Å²) in [6, 6.07) is 0. The highest BCUT2D eigenvalue weighted by molar-refractivity contribution is 7.45. The third-order valence-electron chi connectivity index (χ3n) is 0.809. The van der Waals surface area contributed by atoms with Gasteiger partial charge in [-0.3, -0.25) is 0 Å². The molecule has 0 aliphatic carbocycles. The van der Waals surface area contributed by atoms with E-state index in [2.05, 4.69) is 4.98 Å². The van der Waals surface area contributed by atoms with Gasteiger partial charge in [-0.25, -0.2) is 9.55 Å². The molecule has 76 valence electrons. The molecule has 8 heteroatoms. The fourth-order valence-corrected chi connectivity index (χ4v) is 1.08. The van der Waals surface area contributed by atoms with Gasteiger partial charge in [-0.2, -0.15) is 0 Å². The van der Waals surface area contributed by atoms with Gasteiger partial charge < -0.3 is 19.8 Å². The Hall–Kier alpha value is -0.300. The van der Waals surface area contributed by atoms with Crippen LogP contribution in [-0.4, -0.2) is 31.4 Å². The van der Waals surface area contributed by atoms with E-state index < -0.39 is 7.82 Å². The highest BCUT2D eigenvalue weighted by atomic mass is 32.1. The molecule has 0 saturated carbocycles. The van der Waals surface area contributed by atoms with Crippen molar-refractivity contribution in [3.63, 3.8) is 0 Å². The summed E-state index contributed by atoms with van der Waals surface area (Å²) in [7, 11) is -4.64. The molecule has 1 aromatic heterocycles. The molecule has 0 unspecified atom stereocenters. The first-order chi connectivity index (χ1) is 5.93. The van der Waals surface area contributed by atoms with Gasteiger partial charge in [0.15, 0.2) is 0 Å². The molecule has 1 aromatic rings. The van der Waals surface area contributed by atoms with Gasteiger partial charge in [0.25, 0.3) is 0 Å². The lowest BCUT2D eigenvalue weighted by molar-refractivity contribution is 0.275. The van der Waals surface area contributed by atoms with Gasteiger partial charge in [-0.1, -0.05) is 0 Å². The van der Waals surface area contributed by atoms with Crippen molar-refractivity contribution >= 4 is 19.2 Å². The summed E-state index contributed by atoms with van der Waals surface area (Å²) >= 11 is 1.58. The first-order valence-electron chi connectivity index (χ1n) is 3.21. The van der Waals surface area contributed by atoms with E-state index in [9.17, 15) is 0 Å². The van der Waals surface area contributed by atoms with Crippen LogP contribution in [0.3, 0.4) is 0 Å². The van der Waals surface area contributed by atoms with Gasteiger partial charge in [-0.15, -0.1) is 11.3 Å². The lowest BCUT2D eigenvalue weighted by Crippen LogP contribution is -1.87. The lowest BCUT2D eigenvalue weighted by atomic mass is 10.5. The highest BCUT2D eigenvalue weighted by Gasteiger charge is 2.00. The van der Waals surface area contributed by atoms with Crippen molar-refractivity contribution in [3.05, 3.63) is 16.6 Å². The van der Waals surface area contributed by atoms with Crippen LogP contribution in [0, 0.1) is 0 Å². The predicted molar refractivity (Wildman–Crippen MR) is 47.2 cm³/mol. The van der Waals surface area contributed by atoms with Gasteiger partial charge in [0, 0.05) is 24.6 Å². The van der Waals surface area contributed by atoms with Crippen molar-refractivity contribution in [2.75, 3.05) is 6.61 Å².